The molecule has 2 saturated heterocycles. The molecule has 0 amide bonds. The minimum atomic E-state index is 0.619. The molecule has 2 unspecified atom stereocenters. The molecular formula is C14H21N3O. The van der Waals surface area contributed by atoms with Crippen molar-refractivity contribution >= 4 is 5.82 Å². The third-order valence-corrected chi connectivity index (χ3v) is 3.87. The van der Waals surface area contributed by atoms with E-state index in [4.69, 9.17) is 4.74 Å². The van der Waals surface area contributed by atoms with Gasteiger partial charge in [-0.3, -0.25) is 0 Å². The summed E-state index contributed by atoms with van der Waals surface area (Å²) in [6.45, 7) is 4.83. The maximum atomic E-state index is 5.69. The monoisotopic (exact) mass is 247 g/mol. The minimum Gasteiger partial charge on any atom is -0.490 e. The number of ether oxygens (including phenoxy) is 1. The van der Waals surface area contributed by atoms with E-state index in [0.29, 0.717) is 18.7 Å². The van der Waals surface area contributed by atoms with Crippen LogP contribution >= 0.6 is 0 Å². The highest BCUT2D eigenvalue weighted by molar-refractivity contribution is 5.52. The first-order valence-corrected chi connectivity index (χ1v) is 6.95. The Bertz CT molecular complexity index is 410. The van der Waals surface area contributed by atoms with Gasteiger partial charge in [-0.1, -0.05) is 0 Å². The molecule has 2 atom stereocenters. The molecule has 0 radical (unpaired) electrons. The fourth-order valence-corrected chi connectivity index (χ4v) is 3.02. The standard InChI is InChI=1S/C14H21N3O/c1-2-18-13-4-3-8-15-14(13)17-9-7-11-5-6-12(10-17)16-11/h3-4,8,11-12,16H,2,5-7,9-10H2,1H3. The van der Waals surface area contributed by atoms with Crippen molar-refractivity contribution in [3.8, 4) is 5.75 Å². The third-order valence-electron chi connectivity index (χ3n) is 3.87. The number of fused-ring (bicyclic) bond motifs is 2. The molecule has 1 N–H and O–H groups in total. The van der Waals surface area contributed by atoms with Gasteiger partial charge in [-0.05, 0) is 38.3 Å². The highest BCUT2D eigenvalue weighted by Crippen LogP contribution is 2.29. The van der Waals surface area contributed by atoms with Crippen LogP contribution in [0.15, 0.2) is 18.3 Å². The quantitative estimate of drug-likeness (QED) is 0.884. The van der Waals surface area contributed by atoms with Crippen molar-refractivity contribution in [1.82, 2.24) is 10.3 Å². The molecule has 2 aliphatic heterocycles. The summed E-state index contributed by atoms with van der Waals surface area (Å²) in [4.78, 5) is 6.90. The number of aromatic nitrogens is 1. The molecule has 2 bridgehead atoms. The van der Waals surface area contributed by atoms with Gasteiger partial charge in [0, 0.05) is 31.4 Å². The summed E-state index contributed by atoms with van der Waals surface area (Å²) in [7, 11) is 0. The Morgan fingerprint density at radius 3 is 3.17 bits per heavy atom. The van der Waals surface area contributed by atoms with Gasteiger partial charge in [-0.25, -0.2) is 4.98 Å². The highest BCUT2D eigenvalue weighted by atomic mass is 16.5. The van der Waals surface area contributed by atoms with Crippen molar-refractivity contribution in [1.29, 1.82) is 0 Å². The number of hydrogen-bond donors (Lipinski definition) is 1. The summed E-state index contributed by atoms with van der Waals surface area (Å²) in [5.74, 6) is 1.92. The lowest BCUT2D eigenvalue weighted by Gasteiger charge is -2.26. The molecule has 1 aromatic heterocycles. The van der Waals surface area contributed by atoms with Crippen LogP contribution in [0.4, 0.5) is 5.82 Å². The highest BCUT2D eigenvalue weighted by Gasteiger charge is 2.30. The average molecular weight is 247 g/mol. The van der Waals surface area contributed by atoms with E-state index in [2.05, 4.69) is 15.2 Å². The van der Waals surface area contributed by atoms with Gasteiger partial charge in [0.1, 0.15) is 0 Å². The van der Waals surface area contributed by atoms with Crippen LogP contribution in [0, 0.1) is 0 Å². The second-order valence-corrected chi connectivity index (χ2v) is 5.13. The lowest BCUT2D eigenvalue weighted by atomic mass is 10.1. The molecule has 3 heterocycles. The van der Waals surface area contributed by atoms with E-state index in [9.17, 15) is 0 Å². The molecule has 3 rings (SSSR count). The normalized spacial score (nSPS) is 27.1. The van der Waals surface area contributed by atoms with Gasteiger partial charge >= 0.3 is 0 Å². The molecule has 4 nitrogen and oxygen atoms in total. The number of hydrogen-bond acceptors (Lipinski definition) is 4. The Kier molecular flexibility index (Phi) is 3.37. The van der Waals surface area contributed by atoms with E-state index < -0.39 is 0 Å². The number of anilines is 1. The summed E-state index contributed by atoms with van der Waals surface area (Å²) in [5, 5.41) is 3.69. The first-order valence-electron chi connectivity index (χ1n) is 6.95. The van der Waals surface area contributed by atoms with Crippen molar-refractivity contribution in [3.05, 3.63) is 18.3 Å². The molecule has 2 aliphatic rings. The van der Waals surface area contributed by atoms with E-state index in [1.54, 1.807) is 0 Å². The maximum absolute atomic E-state index is 5.69. The zero-order chi connectivity index (χ0) is 12.4. The predicted octanol–water partition coefficient (Wildman–Crippen LogP) is 1.81. The van der Waals surface area contributed by atoms with Crippen LogP contribution in [0.25, 0.3) is 0 Å². The molecule has 0 spiro atoms. The van der Waals surface area contributed by atoms with E-state index in [-0.39, 0.29) is 0 Å². The molecular weight excluding hydrogens is 226 g/mol. The summed E-state index contributed by atoms with van der Waals surface area (Å²) < 4.78 is 5.69. The smallest absolute Gasteiger partial charge is 0.171 e. The van der Waals surface area contributed by atoms with E-state index >= 15 is 0 Å². The lowest BCUT2D eigenvalue weighted by Crippen LogP contribution is -2.35. The Morgan fingerprint density at radius 1 is 1.39 bits per heavy atom. The maximum Gasteiger partial charge on any atom is 0.171 e. The Labute approximate surface area is 108 Å². The molecule has 0 saturated carbocycles. The molecule has 0 aliphatic carbocycles. The molecule has 2 fully saturated rings. The van der Waals surface area contributed by atoms with E-state index in [1.165, 1.54) is 19.3 Å². The van der Waals surface area contributed by atoms with Crippen LogP contribution in [-0.4, -0.2) is 36.8 Å². The zero-order valence-electron chi connectivity index (χ0n) is 10.9. The Morgan fingerprint density at radius 2 is 2.28 bits per heavy atom. The lowest BCUT2D eigenvalue weighted by molar-refractivity contribution is 0.338. The predicted molar refractivity (Wildman–Crippen MR) is 72.2 cm³/mol. The molecule has 0 aromatic carbocycles. The third kappa shape index (κ3) is 2.29. The summed E-state index contributed by atoms with van der Waals surface area (Å²) in [6, 6.07) is 5.28. The molecule has 98 valence electrons. The fraction of sp³-hybridized carbons (Fsp3) is 0.643. The fourth-order valence-electron chi connectivity index (χ4n) is 3.02. The van der Waals surface area contributed by atoms with Crippen LogP contribution in [-0.2, 0) is 0 Å². The number of rotatable bonds is 3. The SMILES string of the molecule is CCOc1cccnc1N1CCC2CCC(C1)N2. The van der Waals surface area contributed by atoms with Crippen molar-refractivity contribution in [3.63, 3.8) is 0 Å². The van der Waals surface area contributed by atoms with Gasteiger partial charge in [0.2, 0.25) is 0 Å². The molecule has 1 aromatic rings. The van der Waals surface area contributed by atoms with Gasteiger partial charge in [-0.2, -0.15) is 0 Å². The van der Waals surface area contributed by atoms with Gasteiger partial charge in [0.25, 0.3) is 0 Å². The van der Waals surface area contributed by atoms with E-state index in [0.717, 1.165) is 24.7 Å². The largest absolute Gasteiger partial charge is 0.490 e. The van der Waals surface area contributed by atoms with Gasteiger partial charge in [0.15, 0.2) is 11.6 Å². The first-order chi connectivity index (χ1) is 8.86. The second kappa shape index (κ2) is 5.14. The van der Waals surface area contributed by atoms with Crippen LogP contribution in [0.3, 0.4) is 0 Å². The van der Waals surface area contributed by atoms with Crippen LogP contribution in [0.5, 0.6) is 5.75 Å². The van der Waals surface area contributed by atoms with Crippen molar-refractivity contribution in [2.24, 2.45) is 0 Å². The molecule has 18 heavy (non-hydrogen) atoms. The molecule has 4 heteroatoms. The first kappa shape index (κ1) is 11.8. The number of nitrogens with one attached hydrogen (secondary N) is 1. The van der Waals surface area contributed by atoms with Crippen LogP contribution in [0.1, 0.15) is 26.2 Å². The zero-order valence-corrected chi connectivity index (χ0v) is 10.9. The number of nitrogens with zero attached hydrogens (tertiary/aromatic N) is 2. The summed E-state index contributed by atoms with van der Waals surface area (Å²) >= 11 is 0. The second-order valence-electron chi connectivity index (χ2n) is 5.13. The van der Waals surface area contributed by atoms with Crippen molar-refractivity contribution in [2.75, 3.05) is 24.6 Å². The van der Waals surface area contributed by atoms with E-state index in [1.807, 2.05) is 25.3 Å². The van der Waals surface area contributed by atoms with Crippen molar-refractivity contribution in [2.45, 2.75) is 38.3 Å². The topological polar surface area (TPSA) is 37.4 Å². The van der Waals surface area contributed by atoms with Gasteiger partial charge in [-0.15, -0.1) is 0 Å². The van der Waals surface area contributed by atoms with Crippen LogP contribution in [0.2, 0.25) is 0 Å². The van der Waals surface area contributed by atoms with Gasteiger partial charge < -0.3 is 15.0 Å². The summed E-state index contributed by atoms with van der Waals surface area (Å²) in [6.07, 6.45) is 5.68. The Hall–Kier alpha value is -1.29. The number of pyridine rings is 1. The average Bonchev–Trinajstić information content (AvgIpc) is 2.71. The summed E-state index contributed by atoms with van der Waals surface area (Å²) in [5.41, 5.74) is 0. The van der Waals surface area contributed by atoms with Crippen LogP contribution < -0.4 is 15.0 Å². The minimum absolute atomic E-state index is 0.619. The van der Waals surface area contributed by atoms with Gasteiger partial charge in [0.05, 0.1) is 6.61 Å². The van der Waals surface area contributed by atoms with Crippen molar-refractivity contribution < 1.29 is 4.74 Å². The Balaban J connectivity index is 1.81.